The monoisotopic (exact) mass is 315 g/mol. The van der Waals surface area contributed by atoms with Gasteiger partial charge in [0.1, 0.15) is 0 Å². The molecule has 1 fully saturated rings. The number of nitrogens with zero attached hydrogens (tertiary/aromatic N) is 4. The van der Waals surface area contributed by atoms with Crippen LogP contribution in [0.15, 0.2) is 24.3 Å². The van der Waals surface area contributed by atoms with Gasteiger partial charge in [-0.3, -0.25) is 9.59 Å². The van der Waals surface area contributed by atoms with E-state index in [1.165, 1.54) is 0 Å². The second kappa shape index (κ2) is 5.15. The number of tetrazole rings is 1. The highest BCUT2D eigenvalue weighted by atomic mass is 16.4. The number of benzene rings is 1. The van der Waals surface area contributed by atoms with Crippen molar-refractivity contribution in [2.45, 2.75) is 20.8 Å². The van der Waals surface area contributed by atoms with Crippen LogP contribution in [0.4, 0.5) is 5.69 Å². The van der Waals surface area contributed by atoms with Gasteiger partial charge in [-0.05, 0) is 41.0 Å². The third kappa shape index (κ3) is 2.56. The Labute approximate surface area is 132 Å². The maximum Gasteiger partial charge on any atom is 0.307 e. The summed E-state index contributed by atoms with van der Waals surface area (Å²) in [6.07, 6.45) is 0. The number of hydrogen-bond donors (Lipinski definition) is 2. The molecule has 2 atom stereocenters. The van der Waals surface area contributed by atoms with Gasteiger partial charge < -0.3 is 10.4 Å². The van der Waals surface area contributed by atoms with Gasteiger partial charge in [0.15, 0.2) is 5.82 Å². The van der Waals surface area contributed by atoms with Gasteiger partial charge in [0.25, 0.3) is 0 Å². The molecule has 2 aromatic rings. The fourth-order valence-electron chi connectivity index (χ4n) is 2.99. The highest BCUT2D eigenvalue weighted by Crippen LogP contribution is 2.58. The Morgan fingerprint density at radius 2 is 2.04 bits per heavy atom. The number of aliphatic carboxylic acids is 1. The van der Waals surface area contributed by atoms with Crippen molar-refractivity contribution in [2.75, 3.05) is 5.32 Å². The third-order valence-electron chi connectivity index (χ3n) is 4.36. The molecule has 0 spiro atoms. The van der Waals surface area contributed by atoms with Gasteiger partial charge in [0.2, 0.25) is 5.91 Å². The van der Waals surface area contributed by atoms with Crippen molar-refractivity contribution in [3.05, 3.63) is 30.1 Å². The zero-order chi connectivity index (χ0) is 16.8. The van der Waals surface area contributed by atoms with E-state index in [4.69, 9.17) is 5.11 Å². The van der Waals surface area contributed by atoms with E-state index in [0.29, 0.717) is 11.5 Å². The lowest BCUT2D eigenvalue weighted by Crippen LogP contribution is -2.18. The second-order valence-electron chi connectivity index (χ2n) is 6.29. The molecule has 1 aromatic heterocycles. The molecular formula is C15H17N5O3. The predicted octanol–water partition coefficient (Wildman–Crippen LogP) is 1.27. The zero-order valence-electron chi connectivity index (χ0n) is 13.0. The van der Waals surface area contributed by atoms with E-state index in [1.807, 2.05) is 6.07 Å². The highest BCUT2D eigenvalue weighted by molar-refractivity contribution is 5.99. The number of amides is 1. The Hall–Kier alpha value is -2.77. The topological polar surface area (TPSA) is 110 Å². The zero-order valence-corrected chi connectivity index (χ0v) is 13.0. The molecule has 8 heteroatoms. The number of rotatable bonds is 4. The van der Waals surface area contributed by atoms with E-state index in [9.17, 15) is 9.59 Å². The molecule has 0 unspecified atom stereocenters. The van der Waals surface area contributed by atoms with Crippen molar-refractivity contribution in [1.82, 2.24) is 20.2 Å². The predicted molar refractivity (Wildman–Crippen MR) is 80.9 cm³/mol. The molecule has 1 saturated carbocycles. The molecule has 8 nitrogen and oxygen atoms in total. The first-order chi connectivity index (χ1) is 10.8. The molecule has 120 valence electrons. The quantitative estimate of drug-likeness (QED) is 0.879. The first kappa shape index (κ1) is 15.1. The Bertz CT molecular complexity index is 783. The van der Waals surface area contributed by atoms with E-state index in [0.717, 1.165) is 5.69 Å². The average molecular weight is 315 g/mol. The normalized spacial score (nSPS) is 21.7. The highest BCUT2D eigenvalue weighted by Gasteiger charge is 2.65. The largest absolute Gasteiger partial charge is 0.481 e. The molecule has 0 aliphatic heterocycles. The lowest BCUT2D eigenvalue weighted by molar-refractivity contribution is -0.140. The van der Waals surface area contributed by atoms with Crippen LogP contribution in [0.1, 0.15) is 19.7 Å². The summed E-state index contributed by atoms with van der Waals surface area (Å²) in [4.78, 5) is 23.5. The minimum Gasteiger partial charge on any atom is -0.481 e. The van der Waals surface area contributed by atoms with E-state index in [1.54, 1.807) is 43.7 Å². The third-order valence-corrected chi connectivity index (χ3v) is 4.36. The standard InChI is InChI=1S/C15H17N5O3/c1-8-17-18-19-20(8)10-6-4-5-9(7-10)16-13(21)11-12(14(22)23)15(11,2)3/h4-7,11-12H,1-3H3,(H,16,21)(H,22,23)/t11-,12-/m1/s1. The fraction of sp³-hybridized carbons (Fsp3) is 0.400. The number of carbonyl (C=O) groups excluding carboxylic acids is 1. The van der Waals surface area contributed by atoms with E-state index in [2.05, 4.69) is 20.8 Å². The van der Waals surface area contributed by atoms with Gasteiger partial charge in [-0.1, -0.05) is 19.9 Å². The number of hydrogen-bond acceptors (Lipinski definition) is 5. The smallest absolute Gasteiger partial charge is 0.307 e. The van der Waals surface area contributed by atoms with Crippen LogP contribution in [0.3, 0.4) is 0 Å². The fourth-order valence-corrected chi connectivity index (χ4v) is 2.99. The first-order valence-electron chi connectivity index (χ1n) is 7.21. The molecule has 1 aliphatic rings. The van der Waals surface area contributed by atoms with Gasteiger partial charge >= 0.3 is 5.97 Å². The van der Waals surface area contributed by atoms with Crippen LogP contribution < -0.4 is 5.32 Å². The summed E-state index contributed by atoms with van der Waals surface area (Å²) < 4.78 is 1.55. The molecule has 23 heavy (non-hydrogen) atoms. The van der Waals surface area contributed by atoms with Crippen LogP contribution in [-0.2, 0) is 9.59 Å². The van der Waals surface area contributed by atoms with Crippen LogP contribution in [0.25, 0.3) is 5.69 Å². The second-order valence-corrected chi connectivity index (χ2v) is 6.29. The summed E-state index contributed by atoms with van der Waals surface area (Å²) in [5.74, 6) is -1.77. The van der Waals surface area contributed by atoms with Gasteiger partial charge in [-0.25, -0.2) is 0 Å². The van der Waals surface area contributed by atoms with Crippen molar-refractivity contribution in [3.63, 3.8) is 0 Å². The Kier molecular flexibility index (Phi) is 3.39. The lowest BCUT2D eigenvalue weighted by atomic mass is 10.1. The SMILES string of the molecule is Cc1nnnn1-c1cccc(NC(=O)[C@H]2[C@H](C(=O)O)C2(C)C)c1. The van der Waals surface area contributed by atoms with Crippen molar-refractivity contribution in [1.29, 1.82) is 0 Å². The molecule has 1 amide bonds. The summed E-state index contributed by atoms with van der Waals surface area (Å²) in [6.45, 7) is 5.35. The van der Waals surface area contributed by atoms with Crippen LogP contribution >= 0.6 is 0 Å². The van der Waals surface area contributed by atoms with E-state index >= 15 is 0 Å². The molecule has 0 bridgehead atoms. The van der Waals surface area contributed by atoms with Crippen LogP contribution in [0.2, 0.25) is 0 Å². The molecule has 3 rings (SSSR count). The number of aromatic nitrogens is 4. The summed E-state index contributed by atoms with van der Waals surface area (Å²) >= 11 is 0. The minimum atomic E-state index is -0.937. The van der Waals surface area contributed by atoms with E-state index in [-0.39, 0.29) is 5.91 Å². The number of carboxylic acid groups (broad SMARTS) is 1. The van der Waals surface area contributed by atoms with Crippen LogP contribution in [-0.4, -0.2) is 37.2 Å². The molecule has 1 aliphatic carbocycles. The summed E-state index contributed by atoms with van der Waals surface area (Å²) in [7, 11) is 0. The van der Waals surface area contributed by atoms with Crippen LogP contribution in [0, 0.1) is 24.2 Å². The van der Waals surface area contributed by atoms with Gasteiger partial charge in [-0.2, -0.15) is 4.68 Å². The minimum absolute atomic E-state index is 0.284. The average Bonchev–Trinajstić information content (AvgIpc) is 2.83. The Balaban J connectivity index is 1.78. The van der Waals surface area contributed by atoms with Gasteiger partial charge in [0, 0.05) is 5.69 Å². The molecule has 1 aromatic carbocycles. The van der Waals surface area contributed by atoms with Crippen molar-refractivity contribution >= 4 is 17.6 Å². The van der Waals surface area contributed by atoms with Crippen molar-refractivity contribution in [2.24, 2.45) is 17.3 Å². The molecule has 1 heterocycles. The van der Waals surface area contributed by atoms with Crippen molar-refractivity contribution < 1.29 is 14.7 Å². The maximum absolute atomic E-state index is 12.3. The Morgan fingerprint density at radius 3 is 2.61 bits per heavy atom. The summed E-state index contributed by atoms with van der Waals surface area (Å²) in [5, 5.41) is 23.2. The number of nitrogens with one attached hydrogen (secondary N) is 1. The molecule has 0 saturated heterocycles. The number of aryl methyl sites for hydroxylation is 1. The maximum atomic E-state index is 12.3. The number of carboxylic acids is 1. The van der Waals surface area contributed by atoms with Crippen molar-refractivity contribution in [3.8, 4) is 5.69 Å². The number of carbonyl (C=O) groups is 2. The Morgan fingerprint density at radius 1 is 1.30 bits per heavy atom. The number of anilines is 1. The molecule has 0 radical (unpaired) electrons. The summed E-state index contributed by atoms with van der Waals surface area (Å²) in [5.41, 5.74) is 0.768. The first-order valence-corrected chi connectivity index (χ1v) is 7.21. The van der Waals surface area contributed by atoms with Gasteiger partial charge in [-0.15, -0.1) is 5.10 Å². The van der Waals surface area contributed by atoms with Gasteiger partial charge in [0.05, 0.1) is 17.5 Å². The molecule has 2 N–H and O–H groups in total. The van der Waals surface area contributed by atoms with Crippen LogP contribution in [0.5, 0.6) is 0 Å². The summed E-state index contributed by atoms with van der Waals surface area (Å²) in [6, 6.07) is 7.08. The van der Waals surface area contributed by atoms with E-state index < -0.39 is 23.2 Å². The lowest BCUT2D eigenvalue weighted by Gasteiger charge is -2.08. The molecular weight excluding hydrogens is 298 g/mol.